The molecule has 0 saturated heterocycles. The summed E-state index contributed by atoms with van der Waals surface area (Å²) in [6.07, 6.45) is 1.29. The van der Waals surface area contributed by atoms with Crippen molar-refractivity contribution >= 4 is 78.5 Å². The Kier molecular flexibility index (Phi) is 23.1. The molecule has 18 nitrogen and oxygen atoms in total. The quantitative estimate of drug-likeness (QED) is 0.0281. The van der Waals surface area contributed by atoms with Crippen molar-refractivity contribution in [2.45, 2.75) is 47.6 Å². The zero-order valence-electron chi connectivity index (χ0n) is 40.8. The minimum Gasteiger partial charge on any atom is -0.378 e. The molecule has 4 aromatic carbocycles. The highest BCUT2D eigenvalue weighted by atomic mass is 35.5. The number of carbonyl (C=O) groups is 2. The van der Waals surface area contributed by atoms with E-state index in [0.717, 1.165) is 39.9 Å². The lowest BCUT2D eigenvalue weighted by Gasteiger charge is -2.33. The molecule has 6 N–H and O–H groups in total. The van der Waals surface area contributed by atoms with E-state index in [1.54, 1.807) is 42.5 Å². The second-order valence-corrected chi connectivity index (χ2v) is 22.8. The van der Waals surface area contributed by atoms with E-state index in [4.69, 9.17) is 65.4 Å². The average molecular weight is 1130 g/mol. The Balaban J connectivity index is 0.708. The molecule has 2 aliphatic rings. The van der Waals surface area contributed by atoms with Crippen LogP contribution in [0.2, 0.25) is 20.1 Å². The van der Waals surface area contributed by atoms with E-state index in [1.165, 1.54) is 0 Å². The number of sulfonamides is 2. The van der Waals surface area contributed by atoms with Gasteiger partial charge in [0.1, 0.15) is 6.79 Å². The third-order valence-electron chi connectivity index (χ3n) is 12.0. The Labute approximate surface area is 448 Å². The Morgan fingerprint density at radius 1 is 0.534 bits per heavy atom. The third-order valence-corrected chi connectivity index (χ3v) is 16.0. The smallest absolute Gasteiger partial charge is 0.314 e. The Hall–Kier alpha value is -3.84. The minimum absolute atomic E-state index is 0.00745. The predicted octanol–water partition coefficient (Wildman–Crippen LogP) is 6.11. The molecular formula is C49H64Cl4N8O10S2. The number of hydrogen-bond donors (Lipinski definition) is 6. The molecule has 73 heavy (non-hydrogen) atoms. The van der Waals surface area contributed by atoms with Crippen molar-refractivity contribution in [2.75, 3.05) is 113 Å². The first kappa shape index (κ1) is 58.4. The van der Waals surface area contributed by atoms with Crippen molar-refractivity contribution in [3.63, 3.8) is 0 Å². The van der Waals surface area contributed by atoms with Gasteiger partial charge in [-0.15, -0.1) is 0 Å². The van der Waals surface area contributed by atoms with E-state index >= 15 is 0 Å². The predicted molar refractivity (Wildman–Crippen MR) is 283 cm³/mol. The number of nitrogens with one attached hydrogen (secondary N) is 6. The first-order valence-corrected chi connectivity index (χ1v) is 28.3. The maximum Gasteiger partial charge on any atom is 0.314 e. The maximum atomic E-state index is 13.1. The summed E-state index contributed by atoms with van der Waals surface area (Å²) in [6, 6.07) is 20.3. The number of amides is 4. The fourth-order valence-electron chi connectivity index (χ4n) is 8.45. The molecule has 400 valence electrons. The van der Waals surface area contributed by atoms with E-state index in [0.29, 0.717) is 65.7 Å². The zero-order valence-corrected chi connectivity index (χ0v) is 45.5. The van der Waals surface area contributed by atoms with Crippen molar-refractivity contribution in [2.24, 2.45) is 0 Å². The van der Waals surface area contributed by atoms with Gasteiger partial charge in [0.25, 0.3) is 0 Å². The molecule has 0 bridgehead atoms. The number of benzene rings is 4. The topological polar surface area (TPSA) is 218 Å². The van der Waals surface area contributed by atoms with Gasteiger partial charge in [-0.1, -0.05) is 70.7 Å². The van der Waals surface area contributed by atoms with Crippen LogP contribution in [-0.2, 0) is 52.1 Å². The van der Waals surface area contributed by atoms with Crippen molar-refractivity contribution in [3.8, 4) is 0 Å². The van der Waals surface area contributed by atoms with Crippen LogP contribution in [-0.4, -0.2) is 152 Å². The van der Waals surface area contributed by atoms with Gasteiger partial charge < -0.3 is 50.0 Å². The number of carbonyl (C=O) groups excluding carboxylic acids is 2. The third kappa shape index (κ3) is 18.2. The minimum atomic E-state index is -3.79. The molecule has 2 heterocycles. The Bertz CT molecular complexity index is 2690. The summed E-state index contributed by atoms with van der Waals surface area (Å²) in [5.41, 5.74) is 5.85. The summed E-state index contributed by atoms with van der Waals surface area (Å²) in [6.45, 7) is 5.41. The molecule has 24 heteroatoms. The molecular weight excluding hydrogens is 1070 g/mol. The molecule has 0 spiro atoms. The lowest BCUT2D eigenvalue weighted by atomic mass is 9.85. The Morgan fingerprint density at radius 2 is 0.986 bits per heavy atom. The molecule has 0 radical (unpaired) electrons. The molecule has 0 unspecified atom stereocenters. The van der Waals surface area contributed by atoms with Crippen LogP contribution in [0.25, 0.3) is 0 Å². The standard InChI is InChI=1S/C49H64Cl4N8O10S2/c1-60-29-42(40-25-36(50)27-46(52)44(40)31-60)34-8-10-38(11-9-34)72(64,65)58-17-21-71-33-70-19-15-57-49(63)55-13-4-3-12-54-48(62)56-14-18-68-22-23-69-20-16-59-73(66,67)39-7-5-6-35(24-39)43-30-61(2)32-45-41(43)26-37(51)28-47(45)53/h5-11,24-28,42-43,58-59H,3-4,12-23,29-33H2,1-2H3,(H2,54,56,62)(H2,55,57,63)/t42-,43-/m1/s1. The van der Waals surface area contributed by atoms with Gasteiger partial charge in [0.05, 0.1) is 49.4 Å². The highest BCUT2D eigenvalue weighted by molar-refractivity contribution is 7.89. The van der Waals surface area contributed by atoms with Gasteiger partial charge in [-0.25, -0.2) is 35.9 Å². The van der Waals surface area contributed by atoms with Crippen molar-refractivity contribution in [1.82, 2.24) is 40.5 Å². The first-order valence-electron chi connectivity index (χ1n) is 23.9. The largest absolute Gasteiger partial charge is 0.378 e. The number of urea groups is 2. The van der Waals surface area contributed by atoms with E-state index < -0.39 is 20.0 Å². The van der Waals surface area contributed by atoms with Gasteiger partial charge >= 0.3 is 12.1 Å². The number of rotatable bonds is 28. The molecule has 4 aromatic rings. The molecule has 0 fully saturated rings. The monoisotopic (exact) mass is 1130 g/mol. The summed E-state index contributed by atoms with van der Waals surface area (Å²) in [5, 5.41) is 13.2. The van der Waals surface area contributed by atoms with Gasteiger partial charge in [-0.05, 0) is 109 Å². The summed E-state index contributed by atoms with van der Waals surface area (Å²) >= 11 is 25.6. The number of unbranched alkanes of at least 4 members (excludes halogenated alkanes) is 1. The van der Waals surface area contributed by atoms with Crippen LogP contribution < -0.4 is 30.7 Å². The molecule has 0 saturated carbocycles. The van der Waals surface area contributed by atoms with E-state index in [-0.39, 0.29) is 106 Å². The van der Waals surface area contributed by atoms with Crippen LogP contribution in [0.4, 0.5) is 9.59 Å². The van der Waals surface area contributed by atoms with Crippen LogP contribution in [0.3, 0.4) is 0 Å². The molecule has 0 aromatic heterocycles. The summed E-state index contributed by atoms with van der Waals surface area (Å²) in [5.74, 6) is -0.103. The lowest BCUT2D eigenvalue weighted by Crippen LogP contribution is -2.39. The van der Waals surface area contributed by atoms with E-state index in [9.17, 15) is 26.4 Å². The van der Waals surface area contributed by atoms with Crippen LogP contribution >= 0.6 is 46.4 Å². The fourth-order valence-corrected chi connectivity index (χ4v) is 11.7. The van der Waals surface area contributed by atoms with Gasteiger partial charge in [0.15, 0.2) is 0 Å². The van der Waals surface area contributed by atoms with Crippen LogP contribution in [0, 0.1) is 0 Å². The number of likely N-dealkylation sites (N-methyl/N-ethyl adjacent to an activating group) is 2. The number of ether oxygens (including phenoxy) is 4. The summed E-state index contributed by atoms with van der Waals surface area (Å²) < 4.78 is 79.0. The first-order chi connectivity index (χ1) is 35.0. The lowest BCUT2D eigenvalue weighted by molar-refractivity contribution is -0.0498. The van der Waals surface area contributed by atoms with E-state index in [2.05, 4.69) is 40.5 Å². The number of halogens is 4. The van der Waals surface area contributed by atoms with Gasteiger partial charge in [-0.2, -0.15) is 0 Å². The van der Waals surface area contributed by atoms with Gasteiger partial charge in [0.2, 0.25) is 20.0 Å². The summed E-state index contributed by atoms with van der Waals surface area (Å²) in [4.78, 5) is 28.8. The van der Waals surface area contributed by atoms with Crippen LogP contribution in [0.1, 0.15) is 58.1 Å². The van der Waals surface area contributed by atoms with Crippen LogP contribution in [0.5, 0.6) is 0 Å². The molecule has 6 rings (SSSR count). The second-order valence-electron chi connectivity index (χ2n) is 17.6. The van der Waals surface area contributed by atoms with Crippen molar-refractivity contribution < 1.29 is 45.4 Å². The van der Waals surface area contributed by atoms with Crippen molar-refractivity contribution in [1.29, 1.82) is 0 Å². The van der Waals surface area contributed by atoms with Gasteiger partial charge in [0, 0.05) is 97.4 Å². The highest BCUT2D eigenvalue weighted by Crippen LogP contribution is 2.40. The van der Waals surface area contributed by atoms with Crippen molar-refractivity contribution in [3.05, 3.63) is 126 Å². The number of nitrogens with zero attached hydrogens (tertiary/aromatic N) is 2. The van der Waals surface area contributed by atoms with Crippen LogP contribution in [0.15, 0.2) is 82.6 Å². The summed E-state index contributed by atoms with van der Waals surface area (Å²) in [7, 11) is -3.55. The second kappa shape index (κ2) is 28.9. The Morgan fingerprint density at radius 3 is 1.52 bits per heavy atom. The highest BCUT2D eigenvalue weighted by Gasteiger charge is 2.29. The van der Waals surface area contributed by atoms with E-state index in [1.807, 2.05) is 44.4 Å². The number of fused-ring (bicyclic) bond motifs is 2. The molecule has 4 amide bonds. The average Bonchev–Trinajstić information content (AvgIpc) is 3.35. The number of hydrogen-bond acceptors (Lipinski definition) is 12. The SMILES string of the molecule is CN1Cc2c(Cl)cc(Cl)cc2[C@@H](c2ccc(S(=O)(=O)NCCOCOCCNC(=O)NCCCCNC(=O)NCCOCCOCCNS(=O)(=O)c3cccc([C@H]4CN(C)Cc5c(Cl)cc(Cl)cc54)c3)cc2)C1. The zero-order chi connectivity index (χ0) is 52.4. The molecule has 2 aliphatic heterocycles. The fraction of sp³-hybridized carbons (Fsp3) is 0.469. The van der Waals surface area contributed by atoms with Gasteiger partial charge in [-0.3, -0.25) is 0 Å². The maximum absolute atomic E-state index is 13.1. The molecule has 0 aliphatic carbocycles. The normalized spacial score (nSPS) is 16.1. The molecule has 2 atom stereocenters.